The third-order valence-electron chi connectivity index (χ3n) is 3.76. The van der Waals surface area contributed by atoms with Crippen LogP contribution in [0.2, 0.25) is 0 Å². The van der Waals surface area contributed by atoms with Crippen molar-refractivity contribution in [1.29, 1.82) is 0 Å². The highest BCUT2D eigenvalue weighted by Gasteiger charge is 2.37. The quantitative estimate of drug-likeness (QED) is 0.692. The van der Waals surface area contributed by atoms with Gasteiger partial charge in [0, 0.05) is 12.1 Å². The zero-order valence-electron chi connectivity index (χ0n) is 16.1. The van der Waals surface area contributed by atoms with Crippen LogP contribution in [0.1, 0.15) is 51.4 Å². The summed E-state index contributed by atoms with van der Waals surface area (Å²) in [6, 6.07) is 8.57. The number of carboxylic acids is 1. The third kappa shape index (κ3) is 7.25. The monoisotopic (exact) mass is 363 g/mol. The number of benzene rings is 1. The summed E-state index contributed by atoms with van der Waals surface area (Å²) in [4.78, 5) is 36.6. The lowest BCUT2D eigenvalue weighted by Crippen LogP contribution is -2.43. The molecule has 0 aliphatic rings. The summed E-state index contributed by atoms with van der Waals surface area (Å²) in [6.45, 7) is 8.87. The van der Waals surface area contributed by atoms with E-state index in [0.717, 1.165) is 0 Å². The van der Waals surface area contributed by atoms with E-state index in [1.807, 2.05) is 13.8 Å². The van der Waals surface area contributed by atoms with Crippen LogP contribution in [0.15, 0.2) is 30.3 Å². The van der Waals surface area contributed by atoms with Gasteiger partial charge in [0.25, 0.3) is 5.91 Å². The molecule has 0 aromatic heterocycles. The van der Waals surface area contributed by atoms with E-state index in [-0.39, 0.29) is 18.4 Å². The van der Waals surface area contributed by atoms with Crippen LogP contribution < -0.4 is 5.32 Å². The zero-order valence-corrected chi connectivity index (χ0v) is 16.1. The van der Waals surface area contributed by atoms with Crippen LogP contribution in [0.4, 0.5) is 0 Å². The number of rotatable bonds is 8. The number of hydrogen-bond acceptors (Lipinski definition) is 4. The molecule has 0 aliphatic carbocycles. The minimum Gasteiger partial charge on any atom is -0.481 e. The molecule has 1 aromatic carbocycles. The van der Waals surface area contributed by atoms with Crippen molar-refractivity contribution in [3.8, 4) is 0 Å². The predicted molar refractivity (Wildman–Crippen MR) is 98.7 cm³/mol. The van der Waals surface area contributed by atoms with Crippen LogP contribution in [0.25, 0.3) is 0 Å². The summed E-state index contributed by atoms with van der Waals surface area (Å²) < 4.78 is 5.40. The minimum absolute atomic E-state index is 0.0888. The van der Waals surface area contributed by atoms with E-state index in [1.165, 1.54) is 0 Å². The Morgan fingerprint density at radius 1 is 1.08 bits per heavy atom. The first-order valence-electron chi connectivity index (χ1n) is 8.80. The maximum Gasteiger partial charge on any atom is 0.312 e. The molecule has 0 fully saturated rings. The molecule has 144 valence electrons. The van der Waals surface area contributed by atoms with E-state index in [4.69, 9.17) is 4.74 Å². The smallest absolute Gasteiger partial charge is 0.312 e. The molecule has 0 saturated carbocycles. The van der Waals surface area contributed by atoms with Gasteiger partial charge in [-0.15, -0.1) is 0 Å². The van der Waals surface area contributed by atoms with Gasteiger partial charge in [-0.2, -0.15) is 0 Å². The van der Waals surface area contributed by atoms with Crippen molar-refractivity contribution in [1.82, 2.24) is 5.32 Å². The molecule has 1 amide bonds. The Hall–Kier alpha value is -2.37. The Kier molecular flexibility index (Phi) is 7.80. The Bertz CT molecular complexity index is 619. The van der Waals surface area contributed by atoms with Crippen LogP contribution in [-0.2, 0) is 14.3 Å². The van der Waals surface area contributed by atoms with Crippen molar-refractivity contribution in [3.63, 3.8) is 0 Å². The average molecular weight is 363 g/mol. The fraction of sp³-hybridized carbons (Fsp3) is 0.550. The van der Waals surface area contributed by atoms with Gasteiger partial charge in [0.1, 0.15) is 5.60 Å². The molecule has 26 heavy (non-hydrogen) atoms. The highest BCUT2D eigenvalue weighted by molar-refractivity contribution is 5.94. The fourth-order valence-corrected chi connectivity index (χ4v) is 2.61. The molecule has 2 atom stereocenters. The normalized spacial score (nSPS) is 13.8. The topological polar surface area (TPSA) is 92.7 Å². The second-order valence-corrected chi connectivity index (χ2v) is 7.79. The van der Waals surface area contributed by atoms with E-state index in [0.29, 0.717) is 12.0 Å². The van der Waals surface area contributed by atoms with E-state index in [9.17, 15) is 19.5 Å². The molecule has 6 nitrogen and oxygen atoms in total. The van der Waals surface area contributed by atoms with Crippen molar-refractivity contribution in [2.45, 2.75) is 46.6 Å². The van der Waals surface area contributed by atoms with Crippen molar-refractivity contribution in [2.75, 3.05) is 6.54 Å². The summed E-state index contributed by atoms with van der Waals surface area (Å²) in [5, 5.41) is 12.3. The molecular weight excluding hydrogens is 334 g/mol. The standard InChI is InChI=1S/C20H29NO5/c1-13(2)11-15(18(23)24)16(19(25)26-20(3,4)5)12-21-17(22)14-9-7-6-8-10-14/h6-10,13,15-16H,11-12H2,1-5H3,(H,21,22)(H,23,24)/t15?,16-/m0/s1. The second-order valence-electron chi connectivity index (χ2n) is 7.79. The molecule has 0 spiro atoms. The largest absolute Gasteiger partial charge is 0.481 e. The number of nitrogens with one attached hydrogen (secondary N) is 1. The van der Waals surface area contributed by atoms with Crippen LogP contribution >= 0.6 is 0 Å². The molecular formula is C20H29NO5. The van der Waals surface area contributed by atoms with Crippen LogP contribution in [0, 0.1) is 17.8 Å². The number of carboxylic acid groups (broad SMARTS) is 1. The first-order chi connectivity index (χ1) is 12.0. The van der Waals surface area contributed by atoms with Gasteiger partial charge in [0.05, 0.1) is 11.8 Å². The van der Waals surface area contributed by atoms with Gasteiger partial charge in [-0.3, -0.25) is 14.4 Å². The Morgan fingerprint density at radius 2 is 1.65 bits per heavy atom. The second kappa shape index (κ2) is 9.36. The molecule has 6 heteroatoms. The first kappa shape index (κ1) is 21.7. The lowest BCUT2D eigenvalue weighted by Gasteiger charge is -2.28. The number of amides is 1. The molecule has 0 aliphatic heterocycles. The third-order valence-corrected chi connectivity index (χ3v) is 3.76. The first-order valence-corrected chi connectivity index (χ1v) is 8.80. The van der Waals surface area contributed by atoms with Crippen LogP contribution in [0.5, 0.6) is 0 Å². The highest BCUT2D eigenvalue weighted by Crippen LogP contribution is 2.24. The molecule has 1 aromatic rings. The van der Waals surface area contributed by atoms with E-state index in [2.05, 4.69) is 5.32 Å². The number of aliphatic carboxylic acids is 1. The van der Waals surface area contributed by atoms with Crippen LogP contribution in [0.3, 0.4) is 0 Å². The number of carbonyl (C=O) groups excluding carboxylic acids is 2. The van der Waals surface area contributed by atoms with Gasteiger partial charge >= 0.3 is 11.9 Å². The number of esters is 1. The molecule has 1 rings (SSSR count). The summed E-state index contributed by atoms with van der Waals surface area (Å²) in [6.07, 6.45) is 0.320. The summed E-state index contributed by atoms with van der Waals surface area (Å²) in [7, 11) is 0. The predicted octanol–water partition coefficient (Wildman–Crippen LogP) is 3.12. The van der Waals surface area contributed by atoms with E-state index < -0.39 is 29.4 Å². The Morgan fingerprint density at radius 3 is 2.12 bits per heavy atom. The number of carbonyl (C=O) groups is 3. The van der Waals surface area contributed by atoms with E-state index in [1.54, 1.807) is 51.1 Å². The van der Waals surface area contributed by atoms with Gasteiger partial charge in [-0.05, 0) is 45.2 Å². The van der Waals surface area contributed by atoms with Gasteiger partial charge in [-0.1, -0.05) is 32.0 Å². The van der Waals surface area contributed by atoms with E-state index >= 15 is 0 Å². The minimum atomic E-state index is -1.07. The average Bonchev–Trinajstić information content (AvgIpc) is 2.52. The van der Waals surface area contributed by atoms with Gasteiger partial charge in [0.2, 0.25) is 0 Å². The van der Waals surface area contributed by atoms with Crippen molar-refractivity contribution in [2.24, 2.45) is 17.8 Å². The molecule has 0 heterocycles. The van der Waals surface area contributed by atoms with Crippen molar-refractivity contribution in [3.05, 3.63) is 35.9 Å². The zero-order chi connectivity index (χ0) is 19.9. The SMILES string of the molecule is CC(C)CC(C(=O)O)[C@H](CNC(=O)c1ccccc1)C(=O)OC(C)(C)C. The number of hydrogen-bond donors (Lipinski definition) is 2. The lowest BCUT2D eigenvalue weighted by molar-refractivity contribution is -0.166. The van der Waals surface area contributed by atoms with Crippen molar-refractivity contribution < 1.29 is 24.2 Å². The number of ether oxygens (including phenoxy) is 1. The Labute approximate surface area is 154 Å². The highest BCUT2D eigenvalue weighted by atomic mass is 16.6. The molecule has 0 bridgehead atoms. The van der Waals surface area contributed by atoms with Crippen LogP contribution in [-0.4, -0.2) is 35.1 Å². The van der Waals surface area contributed by atoms with Gasteiger partial charge < -0.3 is 15.2 Å². The molecule has 1 unspecified atom stereocenters. The van der Waals surface area contributed by atoms with Gasteiger partial charge in [-0.25, -0.2) is 0 Å². The molecule has 2 N–H and O–H groups in total. The lowest BCUT2D eigenvalue weighted by atomic mass is 9.85. The Balaban J connectivity index is 2.97. The van der Waals surface area contributed by atoms with Crippen molar-refractivity contribution >= 4 is 17.8 Å². The summed E-state index contributed by atoms with van der Waals surface area (Å²) in [5.41, 5.74) is -0.286. The maximum atomic E-state index is 12.6. The fourth-order valence-electron chi connectivity index (χ4n) is 2.61. The summed E-state index contributed by atoms with van der Waals surface area (Å²) in [5.74, 6) is -3.83. The molecule has 0 radical (unpaired) electrons. The van der Waals surface area contributed by atoms with Gasteiger partial charge in [0.15, 0.2) is 0 Å². The maximum absolute atomic E-state index is 12.6. The molecule has 0 saturated heterocycles. The summed E-state index contributed by atoms with van der Waals surface area (Å²) >= 11 is 0.